The van der Waals surface area contributed by atoms with Crippen LogP contribution in [0.4, 0.5) is 0 Å². The molecule has 2 atom stereocenters. The van der Waals surface area contributed by atoms with Gasteiger partial charge >= 0.3 is 0 Å². The van der Waals surface area contributed by atoms with Gasteiger partial charge in [-0.05, 0) is 7.05 Å². The van der Waals surface area contributed by atoms with E-state index in [2.05, 4.69) is 11.9 Å². The van der Waals surface area contributed by atoms with E-state index >= 15 is 0 Å². The van der Waals surface area contributed by atoms with Crippen molar-refractivity contribution in [2.45, 2.75) is 12.5 Å². The van der Waals surface area contributed by atoms with Gasteiger partial charge in [-0.25, -0.2) is 4.90 Å². The lowest BCUT2D eigenvalue weighted by Crippen LogP contribution is -2.51. The summed E-state index contributed by atoms with van der Waals surface area (Å²) in [6, 6.07) is 0.406. The van der Waals surface area contributed by atoms with Crippen LogP contribution in [0.5, 0.6) is 0 Å². The van der Waals surface area contributed by atoms with Crippen LogP contribution in [0.15, 0.2) is 0 Å². The Morgan fingerprint density at radius 1 is 1.45 bits per heavy atom. The number of rotatable bonds is 0. The molecule has 2 aliphatic heterocycles. The van der Waals surface area contributed by atoms with Gasteiger partial charge in [0.25, 0.3) is 0 Å². The van der Waals surface area contributed by atoms with Gasteiger partial charge < -0.3 is 14.7 Å². The van der Waals surface area contributed by atoms with E-state index in [1.165, 1.54) is 0 Å². The molecule has 0 amide bonds. The minimum Gasteiger partial charge on any atom is -0.356 e. The highest BCUT2D eigenvalue weighted by molar-refractivity contribution is 4.83. The molecule has 64 valence electrons. The van der Waals surface area contributed by atoms with E-state index in [0.29, 0.717) is 12.6 Å². The molecule has 1 N–H and O–H groups in total. The zero-order chi connectivity index (χ0) is 7.84. The largest absolute Gasteiger partial charge is 0.356 e. The predicted molar refractivity (Wildman–Crippen MR) is 39.9 cm³/mol. The summed E-state index contributed by atoms with van der Waals surface area (Å²) in [4.78, 5) is 4.28. The third kappa shape index (κ3) is 1.27. The maximum atomic E-state index is 9.30. The Balaban J connectivity index is 2.00. The summed E-state index contributed by atoms with van der Waals surface area (Å²) in [5.41, 5.74) is 0. The molecule has 2 saturated heterocycles. The minimum absolute atomic E-state index is 0.406. The highest BCUT2D eigenvalue weighted by Crippen LogP contribution is 2.18. The van der Waals surface area contributed by atoms with E-state index in [1.54, 1.807) is 0 Å². The van der Waals surface area contributed by atoms with E-state index in [0.717, 1.165) is 19.6 Å². The summed E-state index contributed by atoms with van der Waals surface area (Å²) < 4.78 is 5.10. The smallest absolute Gasteiger partial charge is 0.216 e. The molecule has 2 unspecified atom stereocenters. The number of ether oxygens (including phenoxy) is 1. The van der Waals surface area contributed by atoms with Crippen molar-refractivity contribution in [2.75, 3.05) is 33.3 Å². The Morgan fingerprint density at radius 3 is 3.09 bits per heavy atom. The van der Waals surface area contributed by atoms with E-state index in [9.17, 15) is 5.11 Å². The first-order valence-electron chi connectivity index (χ1n) is 4.01. The molecule has 11 heavy (non-hydrogen) atoms. The molecule has 0 saturated carbocycles. The van der Waals surface area contributed by atoms with Gasteiger partial charge in [-0.3, -0.25) is 0 Å². The second kappa shape index (κ2) is 2.71. The van der Waals surface area contributed by atoms with E-state index < -0.39 is 6.41 Å². The van der Waals surface area contributed by atoms with Crippen molar-refractivity contribution in [1.29, 1.82) is 0 Å². The first-order valence-corrected chi connectivity index (χ1v) is 4.01. The van der Waals surface area contributed by atoms with Gasteiger partial charge in [0.15, 0.2) is 0 Å². The molecule has 2 heterocycles. The molecular formula is C7H14N2O2. The van der Waals surface area contributed by atoms with Gasteiger partial charge in [0, 0.05) is 19.6 Å². The van der Waals surface area contributed by atoms with Crippen molar-refractivity contribution < 1.29 is 9.84 Å². The SMILES string of the molecule is CN1CCN2C(COC2O)C1. The number of nitrogens with zero attached hydrogens (tertiary/aromatic N) is 2. The molecule has 4 heteroatoms. The van der Waals surface area contributed by atoms with Crippen LogP contribution in [-0.4, -0.2) is 60.7 Å². The maximum absolute atomic E-state index is 9.30. The third-order valence-electron chi connectivity index (χ3n) is 2.45. The summed E-state index contributed by atoms with van der Waals surface area (Å²) in [5, 5.41) is 9.30. The van der Waals surface area contributed by atoms with E-state index in [-0.39, 0.29) is 0 Å². The van der Waals surface area contributed by atoms with Crippen molar-refractivity contribution in [3.05, 3.63) is 0 Å². The average molecular weight is 158 g/mol. The van der Waals surface area contributed by atoms with E-state index in [1.807, 2.05) is 4.90 Å². The molecule has 0 aromatic rings. The lowest BCUT2D eigenvalue weighted by atomic mass is 10.2. The highest BCUT2D eigenvalue weighted by Gasteiger charge is 2.36. The second-order valence-electron chi connectivity index (χ2n) is 3.31. The number of likely N-dealkylation sites (N-methyl/N-ethyl adjacent to an activating group) is 1. The van der Waals surface area contributed by atoms with Crippen LogP contribution in [0, 0.1) is 0 Å². The van der Waals surface area contributed by atoms with Gasteiger partial charge in [0.2, 0.25) is 6.41 Å². The van der Waals surface area contributed by atoms with Crippen LogP contribution in [0.3, 0.4) is 0 Å². The molecule has 4 nitrogen and oxygen atoms in total. The number of hydrogen-bond donors (Lipinski definition) is 1. The first-order chi connectivity index (χ1) is 5.27. The lowest BCUT2D eigenvalue weighted by Gasteiger charge is -2.34. The molecular weight excluding hydrogens is 144 g/mol. The second-order valence-corrected chi connectivity index (χ2v) is 3.31. The fraction of sp³-hybridized carbons (Fsp3) is 1.00. The van der Waals surface area contributed by atoms with Crippen LogP contribution in [0.1, 0.15) is 0 Å². The zero-order valence-electron chi connectivity index (χ0n) is 6.73. The molecule has 0 aliphatic carbocycles. The van der Waals surface area contributed by atoms with Crippen LogP contribution in [-0.2, 0) is 4.74 Å². The molecule has 0 spiro atoms. The summed E-state index contributed by atoms with van der Waals surface area (Å²) in [6.45, 7) is 3.63. The summed E-state index contributed by atoms with van der Waals surface area (Å²) in [6.07, 6.45) is -0.645. The molecule has 0 radical (unpaired) electrons. The predicted octanol–water partition coefficient (Wildman–Crippen LogP) is -1.09. The third-order valence-corrected chi connectivity index (χ3v) is 2.45. The summed E-state index contributed by atoms with van der Waals surface area (Å²) >= 11 is 0. The topological polar surface area (TPSA) is 35.9 Å². The van der Waals surface area contributed by atoms with Crippen LogP contribution < -0.4 is 0 Å². The van der Waals surface area contributed by atoms with E-state index in [4.69, 9.17) is 4.74 Å². The number of hydrogen-bond acceptors (Lipinski definition) is 4. The van der Waals surface area contributed by atoms with Crippen LogP contribution in [0.25, 0.3) is 0 Å². The highest BCUT2D eigenvalue weighted by atomic mass is 16.6. The minimum atomic E-state index is -0.645. The number of piperazine rings is 1. The molecule has 2 aliphatic rings. The quantitative estimate of drug-likeness (QED) is 0.486. The first kappa shape index (κ1) is 7.49. The van der Waals surface area contributed by atoms with Gasteiger partial charge in [0.1, 0.15) is 0 Å². The normalized spacial score (nSPS) is 40.9. The van der Waals surface area contributed by atoms with Gasteiger partial charge in [0.05, 0.1) is 12.6 Å². The molecule has 0 aromatic carbocycles. The Morgan fingerprint density at radius 2 is 2.27 bits per heavy atom. The molecule has 0 bridgehead atoms. The Hall–Kier alpha value is -0.160. The van der Waals surface area contributed by atoms with Crippen molar-refractivity contribution in [3.63, 3.8) is 0 Å². The Labute approximate surface area is 66.3 Å². The number of fused-ring (bicyclic) bond motifs is 1. The molecule has 2 rings (SSSR count). The molecule has 2 fully saturated rings. The fourth-order valence-corrected chi connectivity index (χ4v) is 1.76. The molecule has 0 aromatic heterocycles. The average Bonchev–Trinajstić information content (AvgIpc) is 2.32. The van der Waals surface area contributed by atoms with Gasteiger partial charge in [-0.1, -0.05) is 0 Å². The lowest BCUT2D eigenvalue weighted by molar-refractivity contribution is -0.141. The zero-order valence-corrected chi connectivity index (χ0v) is 6.73. The van der Waals surface area contributed by atoms with Crippen molar-refractivity contribution >= 4 is 0 Å². The van der Waals surface area contributed by atoms with Crippen LogP contribution in [0.2, 0.25) is 0 Å². The van der Waals surface area contributed by atoms with Crippen LogP contribution >= 0.6 is 0 Å². The Kier molecular flexibility index (Phi) is 1.85. The maximum Gasteiger partial charge on any atom is 0.216 e. The van der Waals surface area contributed by atoms with Crippen molar-refractivity contribution in [2.24, 2.45) is 0 Å². The number of aliphatic hydroxyl groups excluding tert-OH is 1. The monoisotopic (exact) mass is 158 g/mol. The van der Waals surface area contributed by atoms with Crippen molar-refractivity contribution in [1.82, 2.24) is 9.80 Å². The van der Waals surface area contributed by atoms with Gasteiger partial charge in [-0.15, -0.1) is 0 Å². The summed E-state index contributed by atoms with van der Waals surface area (Å²) in [5.74, 6) is 0. The standard InChI is InChI=1S/C7H14N2O2/c1-8-2-3-9-6(4-8)5-11-7(9)10/h6-7,10H,2-5H2,1H3. The summed E-state index contributed by atoms with van der Waals surface area (Å²) in [7, 11) is 2.10. The number of aliphatic hydroxyl groups is 1. The Bertz CT molecular complexity index is 153. The fourth-order valence-electron chi connectivity index (χ4n) is 1.76. The van der Waals surface area contributed by atoms with Gasteiger partial charge in [-0.2, -0.15) is 0 Å². The van der Waals surface area contributed by atoms with Crippen molar-refractivity contribution in [3.8, 4) is 0 Å².